The van der Waals surface area contributed by atoms with E-state index in [2.05, 4.69) is 15.7 Å². The average molecular weight is 368 g/mol. The molecule has 2 aromatic heterocycles. The van der Waals surface area contributed by atoms with Gasteiger partial charge in [0.15, 0.2) is 0 Å². The fraction of sp³-hybridized carbons (Fsp3) is 0.111. The Labute approximate surface area is 153 Å². The molecule has 1 aromatic carbocycles. The van der Waals surface area contributed by atoms with Gasteiger partial charge in [0.1, 0.15) is 12.2 Å². The Morgan fingerprint density at radius 2 is 1.73 bits per heavy atom. The molecule has 26 heavy (non-hydrogen) atoms. The molecule has 0 fully saturated rings. The van der Waals surface area contributed by atoms with Crippen LogP contribution in [0.5, 0.6) is 0 Å². The summed E-state index contributed by atoms with van der Waals surface area (Å²) >= 11 is 1.51. The summed E-state index contributed by atoms with van der Waals surface area (Å²) in [4.78, 5) is 36.1. The van der Waals surface area contributed by atoms with Crippen LogP contribution in [0, 0.1) is 0 Å². The quantitative estimate of drug-likeness (QED) is 0.724. The predicted molar refractivity (Wildman–Crippen MR) is 101 cm³/mol. The molecule has 0 aliphatic heterocycles. The highest BCUT2D eigenvalue weighted by molar-refractivity contribution is 7.13. The van der Waals surface area contributed by atoms with E-state index in [1.807, 2.05) is 17.5 Å². The average Bonchev–Trinajstić information content (AvgIpc) is 3.13. The van der Waals surface area contributed by atoms with E-state index in [1.54, 1.807) is 30.3 Å². The normalized spacial score (nSPS) is 10.3. The summed E-state index contributed by atoms with van der Waals surface area (Å²) in [6.45, 7) is 1.23. The molecule has 0 saturated heterocycles. The van der Waals surface area contributed by atoms with Crippen LogP contribution in [-0.4, -0.2) is 21.6 Å². The first-order valence-electron chi connectivity index (χ1n) is 7.81. The Bertz CT molecular complexity index is 978. The number of benzene rings is 1. The van der Waals surface area contributed by atoms with Crippen LogP contribution < -0.4 is 16.2 Å². The molecule has 132 valence electrons. The Morgan fingerprint density at radius 1 is 1.04 bits per heavy atom. The van der Waals surface area contributed by atoms with Crippen LogP contribution in [0.15, 0.2) is 58.7 Å². The topological polar surface area (TPSA) is 93.1 Å². The van der Waals surface area contributed by atoms with Gasteiger partial charge in [-0.15, -0.1) is 11.3 Å². The fourth-order valence-electron chi connectivity index (χ4n) is 2.29. The zero-order chi connectivity index (χ0) is 18.5. The van der Waals surface area contributed by atoms with Crippen LogP contribution in [-0.2, 0) is 16.1 Å². The minimum atomic E-state index is -0.366. The van der Waals surface area contributed by atoms with Gasteiger partial charge in [-0.1, -0.05) is 6.07 Å². The van der Waals surface area contributed by atoms with E-state index >= 15 is 0 Å². The third-order valence-electron chi connectivity index (χ3n) is 3.42. The molecule has 2 amide bonds. The van der Waals surface area contributed by atoms with Gasteiger partial charge < -0.3 is 10.6 Å². The zero-order valence-electron chi connectivity index (χ0n) is 13.9. The van der Waals surface area contributed by atoms with Crippen molar-refractivity contribution < 1.29 is 9.59 Å². The zero-order valence-corrected chi connectivity index (χ0v) is 14.7. The number of hydrogen-bond acceptors (Lipinski definition) is 5. The largest absolute Gasteiger partial charge is 0.326 e. The lowest BCUT2D eigenvalue weighted by Gasteiger charge is -2.08. The Balaban J connectivity index is 1.69. The molecule has 0 bridgehead atoms. The van der Waals surface area contributed by atoms with Crippen molar-refractivity contribution in [3.63, 3.8) is 0 Å². The standard InChI is InChI=1S/C18H16N4O3S/c1-12(23)19-13-4-6-14(7-5-13)20-17(24)11-22-18(25)9-8-15(21-22)16-3-2-10-26-16/h2-10H,11H2,1H3,(H,19,23)(H,20,24). The number of anilines is 2. The Hall–Kier alpha value is -3.26. The summed E-state index contributed by atoms with van der Waals surface area (Å²) in [5, 5.41) is 11.5. The van der Waals surface area contributed by atoms with Crippen LogP contribution in [0.25, 0.3) is 10.6 Å². The van der Waals surface area contributed by atoms with Gasteiger partial charge in [-0.25, -0.2) is 4.68 Å². The van der Waals surface area contributed by atoms with Gasteiger partial charge in [-0.05, 0) is 41.8 Å². The second-order valence-electron chi connectivity index (χ2n) is 5.50. The van der Waals surface area contributed by atoms with Crippen molar-refractivity contribution in [3.8, 4) is 10.6 Å². The molecule has 0 radical (unpaired) electrons. The molecule has 7 nitrogen and oxygen atoms in total. The van der Waals surface area contributed by atoms with Gasteiger partial charge >= 0.3 is 0 Å². The van der Waals surface area contributed by atoms with Gasteiger partial charge in [0.05, 0.1) is 4.88 Å². The molecule has 2 N–H and O–H groups in total. The summed E-state index contributed by atoms with van der Waals surface area (Å²) < 4.78 is 1.13. The molecule has 0 saturated carbocycles. The first-order chi connectivity index (χ1) is 12.5. The maximum atomic E-state index is 12.2. The minimum absolute atomic E-state index is 0.169. The third-order valence-corrected chi connectivity index (χ3v) is 4.32. The van der Waals surface area contributed by atoms with E-state index in [4.69, 9.17) is 0 Å². The third kappa shape index (κ3) is 4.42. The second kappa shape index (κ2) is 7.75. The maximum Gasteiger partial charge on any atom is 0.267 e. The minimum Gasteiger partial charge on any atom is -0.326 e. The van der Waals surface area contributed by atoms with Crippen LogP contribution in [0.2, 0.25) is 0 Å². The molecule has 3 rings (SSSR count). The predicted octanol–water partition coefficient (Wildman–Crippen LogP) is 2.57. The molecule has 0 unspecified atom stereocenters. The van der Waals surface area contributed by atoms with E-state index in [0.29, 0.717) is 17.1 Å². The van der Waals surface area contributed by atoms with Crippen molar-refractivity contribution in [2.45, 2.75) is 13.5 Å². The van der Waals surface area contributed by atoms with E-state index in [9.17, 15) is 14.4 Å². The van der Waals surface area contributed by atoms with Crippen molar-refractivity contribution >= 4 is 34.5 Å². The van der Waals surface area contributed by atoms with Crippen molar-refractivity contribution in [2.24, 2.45) is 0 Å². The van der Waals surface area contributed by atoms with Crippen LogP contribution >= 0.6 is 11.3 Å². The lowest BCUT2D eigenvalue weighted by molar-refractivity contribution is -0.117. The SMILES string of the molecule is CC(=O)Nc1ccc(NC(=O)Cn2nc(-c3cccs3)ccc2=O)cc1. The smallest absolute Gasteiger partial charge is 0.267 e. The van der Waals surface area contributed by atoms with Crippen LogP contribution in [0.4, 0.5) is 11.4 Å². The van der Waals surface area contributed by atoms with Crippen LogP contribution in [0.1, 0.15) is 6.92 Å². The highest BCUT2D eigenvalue weighted by Crippen LogP contribution is 2.21. The number of amides is 2. The highest BCUT2D eigenvalue weighted by Gasteiger charge is 2.09. The summed E-state index contributed by atoms with van der Waals surface area (Å²) in [6.07, 6.45) is 0. The van der Waals surface area contributed by atoms with E-state index in [-0.39, 0.29) is 23.9 Å². The number of carbonyl (C=O) groups is 2. The maximum absolute atomic E-state index is 12.2. The van der Waals surface area contributed by atoms with Crippen molar-refractivity contribution in [2.75, 3.05) is 10.6 Å². The first-order valence-corrected chi connectivity index (χ1v) is 8.69. The Morgan fingerprint density at radius 3 is 2.35 bits per heavy atom. The molecule has 0 spiro atoms. The molecular weight excluding hydrogens is 352 g/mol. The number of hydrogen-bond donors (Lipinski definition) is 2. The number of thiophene rings is 1. The lowest BCUT2D eigenvalue weighted by atomic mass is 10.2. The van der Waals surface area contributed by atoms with Crippen LogP contribution in [0.3, 0.4) is 0 Å². The molecule has 0 atom stereocenters. The summed E-state index contributed by atoms with van der Waals surface area (Å²) in [5.41, 5.74) is 1.50. The van der Waals surface area contributed by atoms with Crippen molar-refractivity contribution in [3.05, 3.63) is 64.3 Å². The molecule has 8 heteroatoms. The van der Waals surface area contributed by atoms with Gasteiger partial charge in [0.25, 0.3) is 5.56 Å². The molecule has 0 aliphatic rings. The Kier molecular flexibility index (Phi) is 5.23. The number of nitrogens with one attached hydrogen (secondary N) is 2. The van der Waals surface area contributed by atoms with E-state index < -0.39 is 0 Å². The summed E-state index contributed by atoms with van der Waals surface area (Å²) in [6, 6.07) is 13.5. The van der Waals surface area contributed by atoms with Crippen molar-refractivity contribution in [1.82, 2.24) is 9.78 Å². The van der Waals surface area contributed by atoms with E-state index in [0.717, 1.165) is 9.56 Å². The monoisotopic (exact) mass is 368 g/mol. The van der Waals surface area contributed by atoms with Gasteiger partial charge in [0.2, 0.25) is 11.8 Å². The summed E-state index contributed by atoms with van der Waals surface area (Å²) in [5.74, 6) is -0.534. The van der Waals surface area contributed by atoms with Gasteiger partial charge in [-0.2, -0.15) is 5.10 Å². The second-order valence-corrected chi connectivity index (χ2v) is 6.45. The number of nitrogens with zero attached hydrogens (tertiary/aromatic N) is 2. The summed E-state index contributed by atoms with van der Waals surface area (Å²) in [7, 11) is 0. The number of carbonyl (C=O) groups excluding carboxylic acids is 2. The van der Waals surface area contributed by atoms with Gasteiger partial charge in [0, 0.05) is 24.4 Å². The fourth-order valence-corrected chi connectivity index (χ4v) is 2.99. The molecule has 2 heterocycles. The molecular formula is C18H16N4O3S. The lowest BCUT2D eigenvalue weighted by Crippen LogP contribution is -2.29. The number of rotatable bonds is 5. The number of aromatic nitrogens is 2. The van der Waals surface area contributed by atoms with Gasteiger partial charge in [-0.3, -0.25) is 14.4 Å². The van der Waals surface area contributed by atoms with Crippen molar-refractivity contribution in [1.29, 1.82) is 0 Å². The molecule has 0 aliphatic carbocycles. The first kappa shape index (κ1) is 17.6. The molecule has 3 aromatic rings. The van der Waals surface area contributed by atoms with E-state index in [1.165, 1.54) is 24.3 Å². The highest BCUT2D eigenvalue weighted by atomic mass is 32.1.